The monoisotopic (exact) mass is 473 g/mol. The van der Waals surface area contributed by atoms with Crippen molar-refractivity contribution in [3.63, 3.8) is 0 Å². The highest BCUT2D eigenvalue weighted by Gasteiger charge is 2.37. The number of hydrogen-bond donors (Lipinski definition) is 1. The SMILES string of the molecule is NC(=O)/C(=C/c1ccnc(-c2cc(C(F)(F)F)cc(C(F)(F)F)c2)n1)c1cnc(Cl)nc1. The second-order valence-electron chi connectivity index (χ2n) is 6.26. The van der Waals surface area contributed by atoms with E-state index in [4.69, 9.17) is 17.3 Å². The number of halogens is 7. The number of hydrogen-bond acceptors (Lipinski definition) is 5. The van der Waals surface area contributed by atoms with Gasteiger partial charge in [0.05, 0.1) is 22.4 Å². The van der Waals surface area contributed by atoms with Crippen molar-refractivity contribution in [2.24, 2.45) is 5.73 Å². The molecular formula is C19H10ClF6N5O. The van der Waals surface area contributed by atoms with Gasteiger partial charge in [-0.1, -0.05) is 0 Å². The van der Waals surface area contributed by atoms with Crippen LogP contribution in [0.5, 0.6) is 0 Å². The van der Waals surface area contributed by atoms with Gasteiger partial charge in [-0.2, -0.15) is 26.3 Å². The molecule has 1 amide bonds. The van der Waals surface area contributed by atoms with Crippen molar-refractivity contribution < 1.29 is 31.1 Å². The summed E-state index contributed by atoms with van der Waals surface area (Å²) in [6.07, 6.45) is -5.37. The van der Waals surface area contributed by atoms with Crippen LogP contribution in [0.3, 0.4) is 0 Å². The maximum absolute atomic E-state index is 13.1. The second kappa shape index (κ2) is 8.54. The van der Waals surface area contributed by atoms with Crippen molar-refractivity contribution in [2.75, 3.05) is 0 Å². The Morgan fingerprint density at radius 3 is 2.00 bits per heavy atom. The molecule has 3 rings (SSSR count). The zero-order chi connectivity index (χ0) is 23.7. The van der Waals surface area contributed by atoms with E-state index in [0.29, 0.717) is 12.1 Å². The van der Waals surface area contributed by atoms with Crippen LogP contribution in [0.1, 0.15) is 22.4 Å². The topological polar surface area (TPSA) is 94.7 Å². The quantitative estimate of drug-likeness (QED) is 0.338. The van der Waals surface area contributed by atoms with Crippen LogP contribution in [-0.2, 0) is 17.1 Å². The fourth-order valence-electron chi connectivity index (χ4n) is 2.57. The highest BCUT2D eigenvalue weighted by molar-refractivity contribution is 6.28. The maximum atomic E-state index is 13.1. The van der Waals surface area contributed by atoms with Crippen LogP contribution >= 0.6 is 11.6 Å². The first kappa shape index (κ1) is 23.1. The molecular weight excluding hydrogens is 464 g/mol. The third-order valence-corrected chi connectivity index (χ3v) is 4.21. The number of rotatable bonds is 4. The summed E-state index contributed by atoms with van der Waals surface area (Å²) in [5, 5.41) is -0.0908. The molecule has 1 aromatic carbocycles. The number of benzene rings is 1. The van der Waals surface area contributed by atoms with E-state index in [1.165, 1.54) is 24.5 Å². The highest BCUT2D eigenvalue weighted by atomic mass is 35.5. The molecule has 0 bridgehead atoms. The van der Waals surface area contributed by atoms with Gasteiger partial charge in [0.2, 0.25) is 11.2 Å². The van der Waals surface area contributed by atoms with Crippen molar-refractivity contribution in [1.82, 2.24) is 19.9 Å². The molecule has 32 heavy (non-hydrogen) atoms. The van der Waals surface area contributed by atoms with E-state index in [9.17, 15) is 31.1 Å². The first-order valence-corrected chi connectivity index (χ1v) is 8.85. The minimum absolute atomic E-state index is 0.00101. The Morgan fingerprint density at radius 1 is 0.938 bits per heavy atom. The van der Waals surface area contributed by atoms with E-state index in [2.05, 4.69) is 19.9 Å². The number of alkyl halides is 6. The molecule has 0 atom stereocenters. The largest absolute Gasteiger partial charge is 0.416 e. The minimum atomic E-state index is -5.03. The lowest BCUT2D eigenvalue weighted by atomic mass is 10.0. The Morgan fingerprint density at radius 2 is 1.50 bits per heavy atom. The zero-order valence-corrected chi connectivity index (χ0v) is 16.3. The molecule has 0 aliphatic heterocycles. The molecule has 2 aromatic heterocycles. The van der Waals surface area contributed by atoms with Crippen LogP contribution in [0.15, 0.2) is 42.9 Å². The summed E-state index contributed by atoms with van der Waals surface area (Å²) in [6.45, 7) is 0. The first-order valence-electron chi connectivity index (χ1n) is 8.47. The molecule has 166 valence electrons. The van der Waals surface area contributed by atoms with Gasteiger partial charge in [0.15, 0.2) is 5.82 Å². The summed E-state index contributed by atoms with van der Waals surface area (Å²) >= 11 is 5.60. The normalized spacial score (nSPS) is 12.7. The van der Waals surface area contributed by atoms with Crippen molar-refractivity contribution in [2.45, 2.75) is 12.4 Å². The summed E-state index contributed by atoms with van der Waals surface area (Å²) in [7, 11) is 0. The number of primary amides is 1. The summed E-state index contributed by atoms with van der Waals surface area (Å²) in [5.41, 5.74) is 1.85. The molecule has 0 spiro atoms. The van der Waals surface area contributed by atoms with Gasteiger partial charge in [0.25, 0.3) is 0 Å². The van der Waals surface area contributed by atoms with Gasteiger partial charge in [-0.05, 0) is 41.9 Å². The Kier molecular flexibility index (Phi) is 6.17. The first-order chi connectivity index (χ1) is 14.8. The van der Waals surface area contributed by atoms with Crippen LogP contribution in [-0.4, -0.2) is 25.8 Å². The number of nitrogens with two attached hydrogens (primary N) is 1. The number of carbonyl (C=O) groups excluding carboxylic acids is 1. The predicted molar refractivity (Wildman–Crippen MR) is 102 cm³/mol. The summed E-state index contributed by atoms with van der Waals surface area (Å²) in [6, 6.07) is 2.28. The van der Waals surface area contributed by atoms with Gasteiger partial charge in [-0.3, -0.25) is 4.79 Å². The summed E-state index contributed by atoms with van der Waals surface area (Å²) in [5.74, 6) is -1.33. The summed E-state index contributed by atoms with van der Waals surface area (Å²) in [4.78, 5) is 27.0. The lowest BCUT2D eigenvalue weighted by molar-refractivity contribution is -0.143. The summed E-state index contributed by atoms with van der Waals surface area (Å²) < 4.78 is 78.7. The van der Waals surface area contributed by atoms with Crippen LogP contribution < -0.4 is 5.73 Å². The second-order valence-corrected chi connectivity index (χ2v) is 6.60. The Balaban J connectivity index is 2.12. The molecule has 6 nitrogen and oxygen atoms in total. The number of nitrogens with zero attached hydrogens (tertiary/aromatic N) is 4. The van der Waals surface area contributed by atoms with E-state index in [-0.39, 0.29) is 28.2 Å². The van der Waals surface area contributed by atoms with Crippen molar-refractivity contribution in [3.05, 3.63) is 70.5 Å². The maximum Gasteiger partial charge on any atom is 0.416 e. The number of carbonyl (C=O) groups is 1. The fraction of sp³-hybridized carbons (Fsp3) is 0.105. The third-order valence-electron chi connectivity index (χ3n) is 4.01. The lowest BCUT2D eigenvalue weighted by Gasteiger charge is -2.14. The minimum Gasteiger partial charge on any atom is -0.366 e. The Hall–Kier alpha value is -3.54. The molecule has 3 aromatic rings. The van der Waals surface area contributed by atoms with Crippen LogP contribution in [0.25, 0.3) is 23.0 Å². The van der Waals surface area contributed by atoms with Gasteiger partial charge < -0.3 is 5.73 Å². The molecule has 0 aliphatic rings. The van der Waals surface area contributed by atoms with Crippen LogP contribution in [0, 0.1) is 0 Å². The van der Waals surface area contributed by atoms with Crippen molar-refractivity contribution in [1.29, 1.82) is 0 Å². The average molecular weight is 474 g/mol. The molecule has 0 saturated heterocycles. The van der Waals surface area contributed by atoms with E-state index >= 15 is 0 Å². The predicted octanol–water partition coefficient (Wildman–Crippen LogP) is 4.65. The fourth-order valence-corrected chi connectivity index (χ4v) is 2.67. The average Bonchev–Trinajstić information content (AvgIpc) is 2.71. The van der Waals surface area contributed by atoms with Crippen LogP contribution in [0.4, 0.5) is 26.3 Å². The van der Waals surface area contributed by atoms with Gasteiger partial charge >= 0.3 is 12.4 Å². The molecule has 0 radical (unpaired) electrons. The van der Waals surface area contributed by atoms with Gasteiger partial charge in [-0.15, -0.1) is 0 Å². The highest BCUT2D eigenvalue weighted by Crippen LogP contribution is 2.38. The standard InChI is InChI=1S/C19H10ClF6N5O/c20-17-29-7-10(8-30-17)14(15(27)32)6-13-1-2-28-16(31-13)9-3-11(18(21,22)23)5-12(4-9)19(24,25)26/h1-8H,(H2,27,32)/b14-6+. The van der Waals surface area contributed by atoms with Gasteiger partial charge in [-0.25, -0.2) is 19.9 Å². The smallest absolute Gasteiger partial charge is 0.366 e. The molecule has 0 fully saturated rings. The van der Waals surface area contributed by atoms with Crippen molar-refractivity contribution >= 4 is 29.2 Å². The van der Waals surface area contributed by atoms with Crippen molar-refractivity contribution in [3.8, 4) is 11.4 Å². The Bertz CT molecular complexity index is 1160. The van der Waals surface area contributed by atoms with Gasteiger partial charge in [0.1, 0.15) is 0 Å². The van der Waals surface area contributed by atoms with E-state index in [0.717, 1.165) is 6.20 Å². The van der Waals surface area contributed by atoms with E-state index in [1.54, 1.807) is 0 Å². The molecule has 0 aliphatic carbocycles. The zero-order valence-electron chi connectivity index (χ0n) is 15.5. The number of amides is 1. The number of aromatic nitrogens is 4. The third kappa shape index (κ3) is 5.38. The Labute approximate surface area is 180 Å². The van der Waals surface area contributed by atoms with E-state index < -0.39 is 40.8 Å². The molecule has 0 saturated carbocycles. The molecule has 2 N–H and O–H groups in total. The molecule has 2 heterocycles. The lowest BCUT2D eigenvalue weighted by Crippen LogP contribution is -2.13. The molecule has 13 heteroatoms. The van der Waals surface area contributed by atoms with E-state index in [1.807, 2.05) is 0 Å². The molecule has 0 unspecified atom stereocenters. The van der Waals surface area contributed by atoms with Crippen LogP contribution in [0.2, 0.25) is 5.28 Å². The van der Waals surface area contributed by atoms with Gasteiger partial charge in [0, 0.05) is 29.7 Å².